The zero-order valence-corrected chi connectivity index (χ0v) is 20.5. The Morgan fingerprint density at radius 3 is 1.46 bits per heavy atom. The quantitative estimate of drug-likeness (QED) is 0.126. The van der Waals surface area contributed by atoms with Gasteiger partial charge in [0.2, 0.25) is 0 Å². The maximum atomic E-state index is 12.1. The SMILES string of the molecule is O=C(/C=C(O)/C=C/c1ccc(OCC(=O)NCC(=O)O)cc1)/C=C/c1ccc(OCC(=O)NCC(=O)O)cc1. The van der Waals surface area contributed by atoms with E-state index in [4.69, 9.17) is 19.7 Å². The van der Waals surface area contributed by atoms with Gasteiger partial charge in [0, 0.05) is 6.08 Å². The number of hydrogen-bond acceptors (Lipinski definition) is 8. The van der Waals surface area contributed by atoms with Crippen LogP contribution in [-0.2, 0) is 24.0 Å². The number of ketones is 1. The number of benzene rings is 2. The summed E-state index contributed by atoms with van der Waals surface area (Å²) in [5.74, 6) is -3.43. The Labute approximate surface area is 222 Å². The summed E-state index contributed by atoms with van der Waals surface area (Å²) in [7, 11) is 0. The number of carbonyl (C=O) groups is 5. The minimum atomic E-state index is -1.16. The molecule has 0 heterocycles. The molecule has 0 bridgehead atoms. The fourth-order valence-electron chi connectivity index (χ4n) is 2.70. The summed E-state index contributed by atoms with van der Waals surface area (Å²) in [5, 5.41) is 31.4. The molecule has 0 radical (unpaired) electrons. The molecular formula is C27H26N2O10. The Morgan fingerprint density at radius 1 is 0.641 bits per heavy atom. The van der Waals surface area contributed by atoms with Crippen LogP contribution >= 0.6 is 0 Å². The van der Waals surface area contributed by atoms with Crippen molar-refractivity contribution in [2.24, 2.45) is 0 Å². The minimum Gasteiger partial charge on any atom is -0.508 e. The number of allylic oxidation sites excluding steroid dienone is 3. The smallest absolute Gasteiger partial charge is 0.322 e. The second kappa shape index (κ2) is 15.7. The number of rotatable bonds is 15. The molecular weight excluding hydrogens is 512 g/mol. The third-order valence-corrected chi connectivity index (χ3v) is 4.55. The van der Waals surface area contributed by atoms with Gasteiger partial charge < -0.3 is 35.4 Å². The van der Waals surface area contributed by atoms with Crippen molar-refractivity contribution in [3.63, 3.8) is 0 Å². The van der Waals surface area contributed by atoms with Crippen molar-refractivity contribution >= 4 is 41.7 Å². The largest absolute Gasteiger partial charge is 0.508 e. The highest BCUT2D eigenvalue weighted by Gasteiger charge is 2.06. The molecule has 0 atom stereocenters. The van der Waals surface area contributed by atoms with Crippen LogP contribution in [0.3, 0.4) is 0 Å². The molecule has 0 unspecified atom stereocenters. The summed E-state index contributed by atoms with van der Waals surface area (Å²) < 4.78 is 10.5. The van der Waals surface area contributed by atoms with Crippen LogP contribution in [0.25, 0.3) is 12.2 Å². The molecule has 0 fully saturated rings. The highest BCUT2D eigenvalue weighted by atomic mass is 16.5. The fraction of sp³-hybridized carbons (Fsp3) is 0.148. The summed E-state index contributed by atoms with van der Waals surface area (Å²) >= 11 is 0. The van der Waals surface area contributed by atoms with Crippen LogP contribution in [0.2, 0.25) is 0 Å². The van der Waals surface area contributed by atoms with Crippen molar-refractivity contribution in [2.45, 2.75) is 0 Å². The third kappa shape index (κ3) is 12.9. The number of carbonyl (C=O) groups excluding carboxylic acids is 3. The van der Waals surface area contributed by atoms with Gasteiger partial charge in [0.05, 0.1) is 0 Å². The van der Waals surface area contributed by atoms with E-state index in [0.717, 1.165) is 6.08 Å². The Bertz CT molecular complexity index is 1260. The van der Waals surface area contributed by atoms with Gasteiger partial charge in [0.15, 0.2) is 19.0 Å². The van der Waals surface area contributed by atoms with Crippen LogP contribution in [-0.4, -0.2) is 71.2 Å². The van der Waals surface area contributed by atoms with Crippen LogP contribution in [0, 0.1) is 0 Å². The van der Waals surface area contributed by atoms with Crippen LogP contribution < -0.4 is 20.1 Å². The Hall–Kier alpha value is -5.39. The van der Waals surface area contributed by atoms with Crippen LogP contribution in [0.15, 0.2) is 72.5 Å². The van der Waals surface area contributed by atoms with E-state index in [0.29, 0.717) is 22.6 Å². The summed E-state index contributed by atoms with van der Waals surface area (Å²) in [5.41, 5.74) is 1.35. The molecule has 0 saturated heterocycles. The number of hydrogen-bond donors (Lipinski definition) is 5. The average Bonchev–Trinajstić information content (AvgIpc) is 2.91. The topological polar surface area (TPSA) is 189 Å². The van der Waals surface area contributed by atoms with Gasteiger partial charge in [0.25, 0.3) is 11.8 Å². The number of aliphatic carboxylic acids is 2. The molecule has 12 nitrogen and oxygen atoms in total. The molecule has 0 aliphatic carbocycles. The second-order valence-electron chi connectivity index (χ2n) is 7.69. The first-order valence-corrected chi connectivity index (χ1v) is 11.3. The zero-order valence-electron chi connectivity index (χ0n) is 20.5. The third-order valence-electron chi connectivity index (χ3n) is 4.55. The average molecular weight is 539 g/mol. The molecule has 0 aliphatic rings. The molecule has 39 heavy (non-hydrogen) atoms. The lowest BCUT2D eigenvalue weighted by molar-refractivity contribution is -0.138. The Balaban J connectivity index is 1.80. The van der Waals surface area contributed by atoms with Crippen molar-refractivity contribution in [3.8, 4) is 11.5 Å². The fourth-order valence-corrected chi connectivity index (χ4v) is 2.70. The molecule has 204 valence electrons. The summed E-state index contributed by atoms with van der Waals surface area (Å²) in [4.78, 5) is 55.9. The van der Waals surface area contributed by atoms with Gasteiger partial charge in [-0.25, -0.2) is 0 Å². The standard InChI is InChI=1S/C27H26N2O10/c30-20(7-1-18-3-9-22(10-4-18)38-16-24(32)28-14-26(34)35)13-21(31)8-2-19-5-11-23(12-6-19)39-17-25(33)29-15-27(36)37/h1-13,30H,14-17H2,(H,28,32)(H,29,33)(H,34,35)(H,36,37)/b7-1+,8-2+,20-13-. The second-order valence-corrected chi connectivity index (χ2v) is 7.69. The highest BCUT2D eigenvalue weighted by molar-refractivity contribution is 6.02. The molecule has 2 aromatic carbocycles. The lowest BCUT2D eigenvalue weighted by Gasteiger charge is -2.06. The maximum absolute atomic E-state index is 12.1. The van der Waals surface area contributed by atoms with Gasteiger partial charge in [-0.05, 0) is 47.5 Å². The molecule has 0 aliphatic heterocycles. The van der Waals surface area contributed by atoms with E-state index in [9.17, 15) is 29.1 Å². The van der Waals surface area contributed by atoms with E-state index in [1.54, 1.807) is 54.6 Å². The van der Waals surface area contributed by atoms with Crippen molar-refractivity contribution in [1.82, 2.24) is 10.6 Å². The summed E-state index contributed by atoms with van der Waals surface area (Å²) in [6.07, 6.45) is 6.72. The molecule has 12 heteroatoms. The molecule has 2 amide bonds. The van der Waals surface area contributed by atoms with Gasteiger partial charge >= 0.3 is 11.9 Å². The summed E-state index contributed by atoms with van der Waals surface area (Å²) in [6.45, 7) is -1.67. The van der Waals surface area contributed by atoms with Crippen LogP contribution in [0.1, 0.15) is 11.1 Å². The zero-order chi connectivity index (χ0) is 28.6. The number of nitrogens with one attached hydrogen (secondary N) is 2. The number of aliphatic hydroxyl groups excluding tert-OH is 1. The van der Waals surface area contributed by atoms with Crippen molar-refractivity contribution < 1.29 is 48.8 Å². The van der Waals surface area contributed by atoms with Gasteiger partial charge in [-0.1, -0.05) is 36.4 Å². The molecule has 0 aromatic heterocycles. The van der Waals surface area contributed by atoms with Crippen LogP contribution in [0.5, 0.6) is 11.5 Å². The first kappa shape index (κ1) is 29.8. The van der Waals surface area contributed by atoms with Crippen LogP contribution in [0.4, 0.5) is 0 Å². The predicted molar refractivity (Wildman–Crippen MR) is 139 cm³/mol. The van der Waals surface area contributed by atoms with E-state index in [1.807, 2.05) is 0 Å². The van der Waals surface area contributed by atoms with Gasteiger partial charge in [-0.15, -0.1) is 0 Å². The number of aliphatic hydroxyl groups is 1. The lowest BCUT2D eigenvalue weighted by atomic mass is 10.1. The first-order valence-electron chi connectivity index (χ1n) is 11.3. The van der Waals surface area contributed by atoms with E-state index in [2.05, 4.69) is 10.6 Å². The number of ether oxygens (including phenoxy) is 2. The monoisotopic (exact) mass is 538 g/mol. The predicted octanol–water partition coefficient (Wildman–Crippen LogP) is 1.58. The van der Waals surface area contributed by atoms with E-state index >= 15 is 0 Å². The van der Waals surface area contributed by atoms with Crippen molar-refractivity contribution in [3.05, 3.63) is 83.6 Å². The van der Waals surface area contributed by atoms with E-state index < -0.39 is 42.6 Å². The van der Waals surface area contributed by atoms with E-state index in [1.165, 1.54) is 18.2 Å². The molecule has 2 rings (SSSR count). The Morgan fingerprint density at radius 2 is 1.05 bits per heavy atom. The lowest BCUT2D eigenvalue weighted by Crippen LogP contribution is -2.33. The highest BCUT2D eigenvalue weighted by Crippen LogP contribution is 2.15. The van der Waals surface area contributed by atoms with E-state index in [-0.39, 0.29) is 19.0 Å². The molecule has 2 aromatic rings. The number of amides is 2. The van der Waals surface area contributed by atoms with Gasteiger partial charge in [-0.2, -0.15) is 0 Å². The van der Waals surface area contributed by atoms with Crippen molar-refractivity contribution in [2.75, 3.05) is 26.3 Å². The Kier molecular flexibility index (Phi) is 12.0. The molecule has 0 saturated carbocycles. The molecule has 0 spiro atoms. The summed E-state index contributed by atoms with van der Waals surface area (Å²) in [6, 6.07) is 12.9. The van der Waals surface area contributed by atoms with Gasteiger partial charge in [0.1, 0.15) is 30.3 Å². The molecule has 5 N–H and O–H groups in total. The number of carboxylic acids is 2. The first-order chi connectivity index (χ1) is 18.6. The minimum absolute atomic E-state index is 0.273. The van der Waals surface area contributed by atoms with Crippen molar-refractivity contribution in [1.29, 1.82) is 0 Å². The maximum Gasteiger partial charge on any atom is 0.322 e. The van der Waals surface area contributed by atoms with Gasteiger partial charge in [-0.3, -0.25) is 24.0 Å². The number of carboxylic acid groups (broad SMARTS) is 2. The normalized spacial score (nSPS) is 11.2.